The number of rotatable bonds is 7. The molecule has 29 heavy (non-hydrogen) atoms. The maximum atomic E-state index is 13.1. The molecular formula is C23H26FN3O2. The number of nitrogens with one attached hydrogen (secondary N) is 1. The lowest BCUT2D eigenvalue weighted by molar-refractivity contribution is 0.230. The third-order valence-corrected chi connectivity index (χ3v) is 5.64. The molecule has 0 bridgehead atoms. The van der Waals surface area contributed by atoms with E-state index in [2.05, 4.69) is 21.8 Å². The van der Waals surface area contributed by atoms with Gasteiger partial charge in [0.2, 0.25) is 0 Å². The number of hydrogen-bond acceptors (Lipinski definition) is 4. The summed E-state index contributed by atoms with van der Waals surface area (Å²) in [5, 5.41) is 0.311. The number of likely N-dealkylation sites (tertiary alicyclic amines) is 1. The summed E-state index contributed by atoms with van der Waals surface area (Å²) in [4.78, 5) is 22.2. The number of ether oxygens (including phenoxy) is 1. The lowest BCUT2D eigenvalue weighted by atomic mass is 10.1. The summed E-state index contributed by atoms with van der Waals surface area (Å²) >= 11 is 0. The first kappa shape index (κ1) is 19.6. The van der Waals surface area contributed by atoms with Crippen LogP contribution in [-0.4, -0.2) is 40.6 Å². The van der Waals surface area contributed by atoms with Crippen molar-refractivity contribution in [2.24, 2.45) is 0 Å². The average molecular weight is 395 g/mol. The van der Waals surface area contributed by atoms with Gasteiger partial charge in [-0.2, -0.15) is 0 Å². The molecule has 3 aromatic rings. The molecule has 4 rings (SSSR count). The molecule has 0 amide bonds. The van der Waals surface area contributed by atoms with Crippen molar-refractivity contribution in [1.29, 1.82) is 0 Å². The number of halogens is 1. The highest BCUT2D eigenvalue weighted by molar-refractivity contribution is 5.82. The van der Waals surface area contributed by atoms with E-state index in [1.54, 1.807) is 18.2 Å². The Balaban J connectivity index is 1.42. The summed E-state index contributed by atoms with van der Waals surface area (Å²) in [5.41, 5.74) is 1.31. The van der Waals surface area contributed by atoms with Crippen LogP contribution in [0.15, 0.2) is 47.3 Å². The van der Waals surface area contributed by atoms with Crippen LogP contribution >= 0.6 is 0 Å². The molecule has 0 spiro atoms. The Kier molecular flexibility index (Phi) is 5.90. The molecule has 1 fully saturated rings. The monoisotopic (exact) mass is 395 g/mol. The number of fused-ring (bicyclic) bond motifs is 1. The maximum Gasteiger partial charge on any atom is 0.259 e. The van der Waals surface area contributed by atoms with Gasteiger partial charge in [-0.1, -0.05) is 12.1 Å². The number of benzene rings is 2. The third kappa shape index (κ3) is 4.32. The molecule has 2 heterocycles. The van der Waals surface area contributed by atoms with Crippen molar-refractivity contribution in [3.05, 3.63) is 58.4 Å². The largest absolute Gasteiger partial charge is 0.494 e. The summed E-state index contributed by atoms with van der Waals surface area (Å²) in [6, 6.07) is 13.3. The van der Waals surface area contributed by atoms with Crippen LogP contribution in [0.3, 0.4) is 0 Å². The first-order valence-electron chi connectivity index (χ1n) is 10.2. The van der Waals surface area contributed by atoms with Crippen molar-refractivity contribution in [3.63, 3.8) is 0 Å². The molecule has 0 aliphatic carbocycles. The van der Waals surface area contributed by atoms with Crippen LogP contribution in [-0.2, 0) is 6.67 Å². The molecule has 1 aliphatic heterocycles. The van der Waals surface area contributed by atoms with Gasteiger partial charge in [0.05, 0.1) is 17.5 Å². The van der Waals surface area contributed by atoms with Gasteiger partial charge >= 0.3 is 0 Å². The molecule has 0 unspecified atom stereocenters. The minimum atomic E-state index is -0.690. The highest BCUT2D eigenvalue weighted by Crippen LogP contribution is 2.22. The highest BCUT2D eigenvalue weighted by atomic mass is 19.1. The van der Waals surface area contributed by atoms with Crippen molar-refractivity contribution >= 4 is 10.9 Å². The quantitative estimate of drug-likeness (QED) is 0.606. The number of aromatic amines is 1. The molecule has 5 nitrogen and oxygen atoms in total. The van der Waals surface area contributed by atoms with Gasteiger partial charge in [0, 0.05) is 18.2 Å². The second-order valence-corrected chi connectivity index (χ2v) is 7.61. The smallest absolute Gasteiger partial charge is 0.259 e. The van der Waals surface area contributed by atoms with Crippen molar-refractivity contribution in [1.82, 2.24) is 14.9 Å². The topological polar surface area (TPSA) is 58.2 Å². The van der Waals surface area contributed by atoms with Gasteiger partial charge in [-0.15, -0.1) is 0 Å². The van der Waals surface area contributed by atoms with Gasteiger partial charge in [-0.05, 0) is 68.6 Å². The molecule has 2 aromatic carbocycles. The van der Waals surface area contributed by atoms with Crippen molar-refractivity contribution < 1.29 is 9.13 Å². The van der Waals surface area contributed by atoms with Crippen molar-refractivity contribution in [3.8, 4) is 17.1 Å². The maximum absolute atomic E-state index is 13.1. The zero-order chi connectivity index (χ0) is 20.2. The van der Waals surface area contributed by atoms with Gasteiger partial charge in [0.25, 0.3) is 5.56 Å². The Labute approximate surface area is 169 Å². The van der Waals surface area contributed by atoms with E-state index in [1.165, 1.54) is 19.4 Å². The second-order valence-electron chi connectivity index (χ2n) is 7.61. The Morgan fingerprint density at radius 3 is 2.79 bits per heavy atom. The Bertz CT molecular complexity index is 1030. The van der Waals surface area contributed by atoms with Gasteiger partial charge < -0.3 is 14.6 Å². The molecule has 1 aliphatic rings. The fourth-order valence-corrected chi connectivity index (χ4v) is 4.00. The van der Waals surface area contributed by atoms with E-state index in [-0.39, 0.29) is 5.56 Å². The molecular weight excluding hydrogens is 369 g/mol. The fraction of sp³-hybridized carbons (Fsp3) is 0.391. The summed E-state index contributed by atoms with van der Waals surface area (Å²) in [6.45, 7) is 4.54. The van der Waals surface area contributed by atoms with Gasteiger partial charge in [-0.25, -0.2) is 9.37 Å². The van der Waals surface area contributed by atoms with E-state index < -0.39 is 6.67 Å². The normalized spacial score (nSPS) is 17.1. The predicted octanol–water partition coefficient (Wildman–Crippen LogP) is 4.31. The zero-order valence-electron chi connectivity index (χ0n) is 16.7. The van der Waals surface area contributed by atoms with Gasteiger partial charge in [0.15, 0.2) is 0 Å². The van der Waals surface area contributed by atoms with Crippen LogP contribution < -0.4 is 10.3 Å². The van der Waals surface area contributed by atoms with E-state index in [0.717, 1.165) is 24.3 Å². The molecule has 1 aromatic heterocycles. The number of H-pyrrole nitrogens is 1. The van der Waals surface area contributed by atoms with Crippen LogP contribution in [0.4, 0.5) is 4.39 Å². The van der Waals surface area contributed by atoms with Crippen molar-refractivity contribution in [2.45, 2.75) is 38.9 Å². The van der Waals surface area contributed by atoms with E-state index in [9.17, 15) is 9.18 Å². The Morgan fingerprint density at radius 2 is 2.07 bits per heavy atom. The summed E-state index contributed by atoms with van der Waals surface area (Å²) < 4.78 is 19.0. The minimum Gasteiger partial charge on any atom is -0.494 e. The lowest BCUT2D eigenvalue weighted by Gasteiger charge is -2.20. The predicted molar refractivity (Wildman–Crippen MR) is 113 cm³/mol. The number of hydrogen-bond donors (Lipinski definition) is 1. The number of aromatic nitrogens is 2. The standard InChI is InChI=1S/C23H26FN3O2/c1-16-5-3-12-27(16)13-4-14-29-19-10-8-17(9-11-19)22-25-20-7-2-6-18(15-24)21(20)23(28)26-22/h2,6-11,16H,3-5,12-15H2,1H3,(H,25,26,28)/t16-/m1/s1. The summed E-state index contributed by atoms with van der Waals surface area (Å²) in [6.07, 6.45) is 3.59. The Morgan fingerprint density at radius 1 is 1.24 bits per heavy atom. The Hall–Kier alpha value is -2.73. The van der Waals surface area contributed by atoms with E-state index >= 15 is 0 Å². The van der Waals surface area contributed by atoms with Crippen molar-refractivity contribution in [2.75, 3.05) is 19.7 Å². The number of nitrogens with zero attached hydrogens (tertiary/aromatic N) is 2. The fourth-order valence-electron chi connectivity index (χ4n) is 4.00. The molecule has 0 saturated carbocycles. The SMILES string of the molecule is C[C@@H]1CCCN1CCCOc1ccc(-c2nc3cccc(CF)c3c(=O)[nH]2)cc1. The molecule has 6 heteroatoms. The molecule has 1 N–H and O–H groups in total. The first-order valence-corrected chi connectivity index (χ1v) is 10.2. The van der Waals surface area contributed by atoms with E-state index in [0.29, 0.717) is 34.9 Å². The third-order valence-electron chi connectivity index (χ3n) is 5.64. The second kappa shape index (κ2) is 8.74. The molecule has 152 valence electrons. The van der Waals surface area contributed by atoms with Gasteiger partial charge in [0.1, 0.15) is 18.2 Å². The minimum absolute atomic E-state index is 0.311. The molecule has 1 saturated heterocycles. The zero-order valence-corrected chi connectivity index (χ0v) is 16.7. The van der Waals surface area contributed by atoms with Crippen LogP contribution in [0, 0.1) is 0 Å². The van der Waals surface area contributed by atoms with Crippen LogP contribution in [0.2, 0.25) is 0 Å². The highest BCUT2D eigenvalue weighted by Gasteiger charge is 2.19. The van der Waals surface area contributed by atoms with E-state index in [4.69, 9.17) is 4.74 Å². The van der Waals surface area contributed by atoms with E-state index in [1.807, 2.05) is 24.3 Å². The summed E-state index contributed by atoms with van der Waals surface area (Å²) in [5.74, 6) is 1.26. The average Bonchev–Trinajstić information content (AvgIpc) is 3.15. The first-order chi connectivity index (χ1) is 14.2. The summed E-state index contributed by atoms with van der Waals surface area (Å²) in [7, 11) is 0. The van der Waals surface area contributed by atoms with Crippen LogP contribution in [0.1, 0.15) is 31.7 Å². The lowest BCUT2D eigenvalue weighted by Crippen LogP contribution is -2.28. The van der Waals surface area contributed by atoms with Crippen LogP contribution in [0.5, 0.6) is 5.75 Å². The molecule has 0 radical (unpaired) electrons. The molecule has 1 atom stereocenters. The number of alkyl halides is 1. The van der Waals surface area contributed by atoms with Gasteiger partial charge in [-0.3, -0.25) is 4.79 Å². The van der Waals surface area contributed by atoms with Crippen LogP contribution in [0.25, 0.3) is 22.3 Å².